The third kappa shape index (κ3) is 5.92. The molecule has 1 aliphatic rings. The van der Waals surface area contributed by atoms with Crippen molar-refractivity contribution in [1.82, 2.24) is 10.0 Å². The quantitative estimate of drug-likeness (QED) is 0.423. The minimum absolute atomic E-state index is 0.0190. The molecule has 0 bridgehead atoms. The zero-order valence-corrected chi connectivity index (χ0v) is 21.8. The number of rotatable bonds is 9. The Balaban J connectivity index is 1.56. The van der Waals surface area contributed by atoms with Crippen molar-refractivity contribution >= 4 is 27.6 Å². The van der Waals surface area contributed by atoms with Gasteiger partial charge in [0.2, 0.25) is 12.7 Å². The van der Waals surface area contributed by atoms with E-state index in [1.165, 1.54) is 37.3 Å². The number of carbonyl (C=O) groups excluding carboxylic acids is 2. The minimum atomic E-state index is -4.38. The smallest absolute Gasteiger partial charge is 0.329 e. The summed E-state index contributed by atoms with van der Waals surface area (Å²) in [6.45, 7) is 0.0847. The standard InChI is InChI=1S/C26H27N3O8S/c1-29(18-9-11-21-23(14-18)37-16-36-21)25(30)20(13-17-7-5-4-6-8-17)27-26(31)28-38(32,33)24-15-19(34-2)10-12-22(24)35-3/h4-12,14-15,20H,13,16H2,1-3H3,(H2,27,28,31)/t20-/m0/s1. The second-order valence-corrected chi connectivity index (χ2v) is 9.92. The van der Waals surface area contributed by atoms with Crippen molar-refractivity contribution in [3.8, 4) is 23.0 Å². The summed E-state index contributed by atoms with van der Waals surface area (Å²) < 4.78 is 49.0. The number of hydrogen-bond donors (Lipinski definition) is 2. The molecule has 3 aromatic carbocycles. The van der Waals surface area contributed by atoms with Crippen LogP contribution in [-0.2, 0) is 21.2 Å². The molecule has 12 heteroatoms. The molecule has 3 amide bonds. The molecule has 1 atom stereocenters. The van der Waals surface area contributed by atoms with Gasteiger partial charge in [-0.05, 0) is 29.8 Å². The van der Waals surface area contributed by atoms with Gasteiger partial charge in [-0.3, -0.25) is 4.79 Å². The van der Waals surface area contributed by atoms with E-state index in [-0.39, 0.29) is 29.6 Å². The lowest BCUT2D eigenvalue weighted by Crippen LogP contribution is -2.52. The molecular formula is C26H27N3O8S. The molecule has 0 saturated heterocycles. The monoisotopic (exact) mass is 541 g/mol. The van der Waals surface area contributed by atoms with Gasteiger partial charge in [-0.1, -0.05) is 30.3 Å². The van der Waals surface area contributed by atoms with Crippen molar-refractivity contribution in [3.63, 3.8) is 0 Å². The summed E-state index contributed by atoms with van der Waals surface area (Å²) in [6.07, 6.45) is 0.116. The molecule has 3 aromatic rings. The van der Waals surface area contributed by atoms with Crippen molar-refractivity contribution in [1.29, 1.82) is 0 Å². The Morgan fingerprint density at radius 1 is 0.974 bits per heavy atom. The predicted molar refractivity (Wildman–Crippen MR) is 138 cm³/mol. The Morgan fingerprint density at radius 2 is 1.71 bits per heavy atom. The van der Waals surface area contributed by atoms with Gasteiger partial charge in [0.1, 0.15) is 22.4 Å². The fourth-order valence-electron chi connectivity index (χ4n) is 3.86. The summed E-state index contributed by atoms with van der Waals surface area (Å²) in [4.78, 5) is 27.5. The Bertz CT molecular complexity index is 1430. The first-order valence-electron chi connectivity index (χ1n) is 11.5. The van der Waals surface area contributed by atoms with E-state index >= 15 is 0 Å². The van der Waals surface area contributed by atoms with E-state index in [1.54, 1.807) is 49.5 Å². The number of nitrogens with zero attached hydrogens (tertiary/aromatic N) is 1. The number of carbonyl (C=O) groups is 2. The van der Waals surface area contributed by atoms with Gasteiger partial charge in [-0.2, -0.15) is 0 Å². The van der Waals surface area contributed by atoms with Crippen LogP contribution in [0.15, 0.2) is 71.6 Å². The summed E-state index contributed by atoms with van der Waals surface area (Å²) in [5.41, 5.74) is 1.27. The zero-order chi connectivity index (χ0) is 27.3. The molecule has 0 saturated carbocycles. The predicted octanol–water partition coefficient (Wildman–Crippen LogP) is 2.69. The van der Waals surface area contributed by atoms with Gasteiger partial charge < -0.3 is 29.2 Å². The van der Waals surface area contributed by atoms with Crippen LogP contribution in [-0.4, -0.2) is 54.5 Å². The van der Waals surface area contributed by atoms with E-state index in [1.807, 2.05) is 10.8 Å². The number of sulfonamides is 1. The minimum Gasteiger partial charge on any atom is -0.497 e. The molecule has 0 radical (unpaired) electrons. The van der Waals surface area contributed by atoms with Crippen LogP contribution in [0.25, 0.3) is 0 Å². The Hall–Kier alpha value is -4.45. The number of likely N-dealkylation sites (N-methyl/N-ethyl adjacent to an activating group) is 1. The number of urea groups is 1. The lowest BCUT2D eigenvalue weighted by atomic mass is 10.0. The van der Waals surface area contributed by atoms with E-state index in [4.69, 9.17) is 18.9 Å². The maximum atomic E-state index is 13.5. The summed E-state index contributed by atoms with van der Waals surface area (Å²) in [5.74, 6) is 0.857. The highest BCUT2D eigenvalue weighted by Crippen LogP contribution is 2.35. The van der Waals surface area contributed by atoms with E-state index in [9.17, 15) is 18.0 Å². The van der Waals surface area contributed by atoms with Gasteiger partial charge in [0.15, 0.2) is 11.5 Å². The molecule has 11 nitrogen and oxygen atoms in total. The van der Waals surface area contributed by atoms with Crippen LogP contribution in [0.4, 0.5) is 10.5 Å². The molecule has 1 heterocycles. The number of benzene rings is 3. The van der Waals surface area contributed by atoms with Crippen molar-refractivity contribution in [2.75, 3.05) is 33.0 Å². The van der Waals surface area contributed by atoms with Crippen LogP contribution in [0.5, 0.6) is 23.0 Å². The lowest BCUT2D eigenvalue weighted by Gasteiger charge is -2.25. The largest absolute Gasteiger partial charge is 0.497 e. The van der Waals surface area contributed by atoms with E-state index < -0.39 is 28.0 Å². The van der Waals surface area contributed by atoms with Crippen molar-refractivity contribution in [2.45, 2.75) is 17.4 Å². The van der Waals surface area contributed by atoms with Crippen LogP contribution >= 0.6 is 0 Å². The Morgan fingerprint density at radius 3 is 2.42 bits per heavy atom. The van der Waals surface area contributed by atoms with Crippen molar-refractivity contribution in [3.05, 3.63) is 72.3 Å². The molecule has 1 aliphatic heterocycles. The maximum absolute atomic E-state index is 13.5. The highest BCUT2D eigenvalue weighted by molar-refractivity contribution is 7.90. The first kappa shape index (κ1) is 26.6. The van der Waals surface area contributed by atoms with Crippen molar-refractivity contribution < 1.29 is 37.0 Å². The number of ether oxygens (including phenoxy) is 4. The van der Waals surface area contributed by atoms with Gasteiger partial charge in [-0.15, -0.1) is 0 Å². The first-order valence-corrected chi connectivity index (χ1v) is 13.0. The summed E-state index contributed by atoms with van der Waals surface area (Å²) in [7, 11) is -0.139. The average Bonchev–Trinajstić information content (AvgIpc) is 3.40. The van der Waals surface area contributed by atoms with E-state index in [0.29, 0.717) is 17.2 Å². The van der Waals surface area contributed by atoms with Gasteiger partial charge in [0, 0.05) is 31.3 Å². The van der Waals surface area contributed by atoms with Gasteiger partial charge in [-0.25, -0.2) is 17.9 Å². The second-order valence-electron chi connectivity index (χ2n) is 8.27. The molecule has 0 spiro atoms. The Labute approximate surface area is 220 Å². The van der Waals surface area contributed by atoms with Gasteiger partial charge in [0.25, 0.3) is 10.0 Å². The highest BCUT2D eigenvalue weighted by atomic mass is 32.2. The lowest BCUT2D eigenvalue weighted by molar-refractivity contribution is -0.120. The number of fused-ring (bicyclic) bond motifs is 1. The SMILES string of the molecule is COc1ccc(OC)c(S(=O)(=O)NC(=O)N[C@@H](Cc2ccccc2)C(=O)N(C)c2ccc3c(c2)OCO3)c1. The third-order valence-corrected chi connectivity index (χ3v) is 7.20. The molecule has 200 valence electrons. The first-order chi connectivity index (χ1) is 18.2. The van der Waals surface area contributed by atoms with Crippen molar-refractivity contribution in [2.24, 2.45) is 0 Å². The molecule has 0 aliphatic carbocycles. The summed E-state index contributed by atoms with van der Waals surface area (Å²) >= 11 is 0. The molecular weight excluding hydrogens is 514 g/mol. The summed E-state index contributed by atoms with van der Waals surface area (Å²) in [5, 5.41) is 2.51. The highest BCUT2D eigenvalue weighted by Gasteiger charge is 2.29. The normalized spacial score (nSPS) is 12.8. The average molecular weight is 542 g/mol. The topological polar surface area (TPSA) is 132 Å². The molecule has 0 aromatic heterocycles. The third-order valence-electron chi connectivity index (χ3n) is 5.85. The van der Waals surface area contributed by atoms with Crippen LogP contribution < -0.4 is 33.9 Å². The van der Waals surface area contributed by atoms with Crippen LogP contribution in [0.2, 0.25) is 0 Å². The fourth-order valence-corrected chi connectivity index (χ4v) is 4.96. The van der Waals surface area contributed by atoms with Crippen LogP contribution in [0.1, 0.15) is 5.56 Å². The number of methoxy groups -OCH3 is 2. The fraction of sp³-hybridized carbons (Fsp3) is 0.231. The number of nitrogens with one attached hydrogen (secondary N) is 2. The summed E-state index contributed by atoms with van der Waals surface area (Å²) in [6, 6.07) is 16.0. The number of anilines is 1. The molecule has 0 unspecified atom stereocenters. The van der Waals surface area contributed by atoms with Crippen LogP contribution in [0, 0.1) is 0 Å². The molecule has 4 rings (SSSR count). The van der Waals surface area contributed by atoms with Crippen LogP contribution in [0.3, 0.4) is 0 Å². The number of amides is 3. The second kappa shape index (κ2) is 11.3. The molecule has 2 N–H and O–H groups in total. The van der Waals surface area contributed by atoms with E-state index in [2.05, 4.69) is 5.32 Å². The van der Waals surface area contributed by atoms with Gasteiger partial charge in [0.05, 0.1) is 14.2 Å². The van der Waals surface area contributed by atoms with Gasteiger partial charge >= 0.3 is 6.03 Å². The number of hydrogen-bond acceptors (Lipinski definition) is 8. The zero-order valence-electron chi connectivity index (χ0n) is 21.0. The maximum Gasteiger partial charge on any atom is 0.329 e. The van der Waals surface area contributed by atoms with E-state index in [0.717, 1.165) is 5.56 Å². The Kier molecular flexibility index (Phi) is 7.91. The molecule has 0 fully saturated rings. The molecule has 38 heavy (non-hydrogen) atoms.